The lowest BCUT2D eigenvalue weighted by molar-refractivity contribution is 0.000555. The largest absolute Gasteiger partial charge is 0.444 e. The first kappa shape index (κ1) is 28.7. The Morgan fingerprint density at radius 2 is 1.64 bits per heavy atom. The number of benzene rings is 2. The highest BCUT2D eigenvalue weighted by molar-refractivity contribution is 5.91. The smallest absolute Gasteiger partial charge is 0.410 e. The molecule has 2 saturated heterocycles. The summed E-state index contributed by atoms with van der Waals surface area (Å²) < 4.78 is 18.7. The number of carbonyl (C=O) groups is 2. The van der Waals surface area contributed by atoms with Gasteiger partial charge in [-0.1, -0.05) is 12.1 Å². The molecule has 1 atom stereocenters. The Morgan fingerprint density at radius 3 is 2.23 bits per heavy atom. The third kappa shape index (κ3) is 7.85. The summed E-state index contributed by atoms with van der Waals surface area (Å²) in [6.07, 6.45) is 1.44. The number of urea groups is 1. The number of hydrogen-bond acceptors (Lipinski definition) is 5. The van der Waals surface area contributed by atoms with E-state index in [1.54, 1.807) is 17.0 Å². The summed E-state index contributed by atoms with van der Waals surface area (Å²) in [4.78, 5) is 33.4. The molecule has 0 spiro atoms. The van der Waals surface area contributed by atoms with Gasteiger partial charge in [0.05, 0.1) is 0 Å². The zero-order valence-electron chi connectivity index (χ0n) is 23.8. The summed E-state index contributed by atoms with van der Waals surface area (Å²) in [5.41, 5.74) is 2.43. The second-order valence-electron chi connectivity index (χ2n) is 11.7. The van der Waals surface area contributed by atoms with Crippen LogP contribution in [0.15, 0.2) is 48.5 Å². The molecule has 2 aliphatic heterocycles. The summed E-state index contributed by atoms with van der Waals surface area (Å²) in [5.74, 6) is -0.246. The fraction of sp³-hybridized carbons (Fsp3) is 0.533. The fourth-order valence-electron chi connectivity index (χ4n) is 5.17. The van der Waals surface area contributed by atoms with Gasteiger partial charge in [0.2, 0.25) is 0 Å². The van der Waals surface area contributed by atoms with E-state index in [4.69, 9.17) is 4.74 Å². The SMILES string of the molecule is C[C@H]1CN(Cc2ccc(N(C)C(=O)N3CCC(Nc4ccc(F)cc4)CC3)cc2)CCN1C(=O)OC(C)(C)C. The van der Waals surface area contributed by atoms with Crippen molar-refractivity contribution >= 4 is 23.5 Å². The van der Waals surface area contributed by atoms with Gasteiger partial charge in [-0.05, 0) is 82.5 Å². The van der Waals surface area contributed by atoms with Crippen molar-refractivity contribution in [1.29, 1.82) is 0 Å². The first-order chi connectivity index (χ1) is 18.5. The van der Waals surface area contributed by atoms with Gasteiger partial charge in [-0.25, -0.2) is 14.0 Å². The third-order valence-electron chi connectivity index (χ3n) is 7.34. The van der Waals surface area contributed by atoms with Crippen LogP contribution in [-0.4, -0.2) is 84.3 Å². The molecule has 9 heteroatoms. The number of halogens is 1. The number of hydrogen-bond donors (Lipinski definition) is 1. The van der Waals surface area contributed by atoms with Gasteiger partial charge in [0.25, 0.3) is 0 Å². The number of carbonyl (C=O) groups excluding carboxylic acids is 2. The molecule has 3 amide bonds. The number of rotatable bonds is 5. The summed E-state index contributed by atoms with van der Waals surface area (Å²) in [6, 6.07) is 14.9. The van der Waals surface area contributed by atoms with E-state index in [9.17, 15) is 14.0 Å². The molecular formula is C30H42FN5O3. The van der Waals surface area contributed by atoms with Crippen LogP contribution in [0.2, 0.25) is 0 Å². The van der Waals surface area contributed by atoms with Gasteiger partial charge in [-0.3, -0.25) is 9.80 Å². The highest BCUT2D eigenvalue weighted by atomic mass is 19.1. The minimum absolute atomic E-state index is 0.00456. The molecule has 2 aromatic rings. The maximum atomic E-state index is 13.2. The number of piperazine rings is 1. The van der Waals surface area contributed by atoms with Crippen LogP contribution >= 0.6 is 0 Å². The molecule has 2 heterocycles. The van der Waals surface area contributed by atoms with Gasteiger partial charge in [-0.15, -0.1) is 0 Å². The number of amides is 3. The van der Waals surface area contributed by atoms with E-state index < -0.39 is 5.60 Å². The molecular weight excluding hydrogens is 497 g/mol. The first-order valence-electron chi connectivity index (χ1n) is 13.8. The van der Waals surface area contributed by atoms with Crippen LogP contribution in [0.5, 0.6) is 0 Å². The Hall–Kier alpha value is -3.33. The Bertz CT molecular complexity index is 1110. The second kappa shape index (κ2) is 12.2. The van der Waals surface area contributed by atoms with Gasteiger partial charge >= 0.3 is 12.1 Å². The number of piperidine rings is 1. The van der Waals surface area contributed by atoms with E-state index in [0.29, 0.717) is 19.6 Å². The number of nitrogens with zero attached hydrogens (tertiary/aromatic N) is 4. The van der Waals surface area contributed by atoms with E-state index in [1.165, 1.54) is 17.7 Å². The lowest BCUT2D eigenvalue weighted by atomic mass is 10.0. The van der Waals surface area contributed by atoms with E-state index in [2.05, 4.69) is 29.3 Å². The molecule has 39 heavy (non-hydrogen) atoms. The van der Waals surface area contributed by atoms with Gasteiger partial charge in [-0.2, -0.15) is 0 Å². The van der Waals surface area contributed by atoms with Crippen LogP contribution in [-0.2, 0) is 11.3 Å². The summed E-state index contributed by atoms with van der Waals surface area (Å²) in [5, 5.41) is 3.44. The molecule has 0 bridgehead atoms. The summed E-state index contributed by atoms with van der Waals surface area (Å²) in [7, 11) is 1.82. The maximum Gasteiger partial charge on any atom is 0.410 e. The average molecular weight is 540 g/mol. The highest BCUT2D eigenvalue weighted by Crippen LogP contribution is 2.22. The van der Waals surface area contributed by atoms with Crippen molar-refractivity contribution in [3.63, 3.8) is 0 Å². The zero-order chi connectivity index (χ0) is 28.2. The molecule has 212 valence electrons. The van der Waals surface area contributed by atoms with Crippen molar-refractivity contribution in [2.45, 2.75) is 64.8 Å². The van der Waals surface area contributed by atoms with Crippen molar-refractivity contribution < 1.29 is 18.7 Å². The summed E-state index contributed by atoms with van der Waals surface area (Å²) >= 11 is 0. The van der Waals surface area contributed by atoms with Crippen LogP contribution in [0, 0.1) is 5.82 Å². The molecule has 2 aromatic carbocycles. The van der Waals surface area contributed by atoms with Crippen LogP contribution in [0.4, 0.5) is 25.4 Å². The Balaban J connectivity index is 1.24. The number of ether oxygens (including phenoxy) is 1. The van der Waals surface area contributed by atoms with Crippen molar-refractivity contribution in [2.24, 2.45) is 0 Å². The van der Waals surface area contributed by atoms with Crippen LogP contribution in [0.3, 0.4) is 0 Å². The Kier molecular flexibility index (Phi) is 9.00. The summed E-state index contributed by atoms with van der Waals surface area (Å²) in [6.45, 7) is 12.1. The van der Waals surface area contributed by atoms with E-state index in [-0.39, 0.29) is 30.0 Å². The Labute approximate surface area is 231 Å². The highest BCUT2D eigenvalue weighted by Gasteiger charge is 2.31. The second-order valence-corrected chi connectivity index (χ2v) is 11.7. The number of likely N-dealkylation sites (tertiary alicyclic amines) is 1. The predicted octanol–water partition coefficient (Wildman–Crippen LogP) is 5.40. The molecule has 0 aliphatic carbocycles. The maximum absolute atomic E-state index is 13.2. The van der Waals surface area contributed by atoms with Crippen LogP contribution in [0.1, 0.15) is 46.1 Å². The molecule has 2 aliphatic rings. The standard InChI is InChI=1S/C30H42FN5O3/c1-22-20-34(18-19-36(22)29(38)39-30(2,3)4)21-23-6-12-27(13-7-23)33(5)28(37)35-16-14-26(15-17-35)32-25-10-8-24(31)9-11-25/h6-13,22,26,32H,14-21H2,1-5H3/t22-/m0/s1. The van der Waals surface area contributed by atoms with E-state index in [0.717, 1.165) is 43.9 Å². The van der Waals surface area contributed by atoms with Gasteiger partial charge < -0.3 is 19.9 Å². The quantitative estimate of drug-likeness (QED) is 0.551. The lowest BCUT2D eigenvalue weighted by Gasteiger charge is -2.40. The zero-order valence-corrected chi connectivity index (χ0v) is 23.8. The molecule has 1 N–H and O–H groups in total. The van der Waals surface area contributed by atoms with Crippen LogP contribution < -0.4 is 10.2 Å². The van der Waals surface area contributed by atoms with Crippen molar-refractivity contribution in [2.75, 3.05) is 50.0 Å². The van der Waals surface area contributed by atoms with Crippen molar-refractivity contribution in [3.05, 3.63) is 59.9 Å². The average Bonchev–Trinajstić information content (AvgIpc) is 2.89. The third-order valence-corrected chi connectivity index (χ3v) is 7.34. The Morgan fingerprint density at radius 1 is 1.00 bits per heavy atom. The van der Waals surface area contributed by atoms with E-state index in [1.807, 2.05) is 49.8 Å². The molecule has 0 radical (unpaired) electrons. The van der Waals surface area contributed by atoms with E-state index >= 15 is 0 Å². The van der Waals surface area contributed by atoms with Crippen molar-refractivity contribution in [3.8, 4) is 0 Å². The molecule has 0 aromatic heterocycles. The fourth-order valence-corrected chi connectivity index (χ4v) is 5.17. The van der Waals surface area contributed by atoms with Gasteiger partial charge in [0.15, 0.2) is 0 Å². The van der Waals surface area contributed by atoms with Crippen LogP contribution in [0.25, 0.3) is 0 Å². The first-order valence-corrected chi connectivity index (χ1v) is 13.8. The van der Waals surface area contributed by atoms with Crippen molar-refractivity contribution in [1.82, 2.24) is 14.7 Å². The molecule has 4 rings (SSSR count). The lowest BCUT2D eigenvalue weighted by Crippen LogP contribution is -2.54. The molecule has 8 nitrogen and oxygen atoms in total. The van der Waals surface area contributed by atoms with Gasteiger partial charge in [0.1, 0.15) is 11.4 Å². The minimum Gasteiger partial charge on any atom is -0.444 e. The normalized spacial score (nSPS) is 19.1. The topological polar surface area (TPSA) is 68.4 Å². The molecule has 0 saturated carbocycles. The molecule has 2 fully saturated rings. The number of nitrogens with one attached hydrogen (secondary N) is 1. The molecule has 0 unspecified atom stereocenters. The monoisotopic (exact) mass is 539 g/mol. The number of anilines is 2. The van der Waals surface area contributed by atoms with Gasteiger partial charge in [0, 0.05) is 69.8 Å². The minimum atomic E-state index is -0.497. The predicted molar refractivity (Wildman–Crippen MR) is 153 cm³/mol.